The molecule has 0 spiro atoms. The van der Waals surface area contributed by atoms with Crippen LogP contribution in [0.1, 0.15) is 61.3 Å². The molecule has 1 fully saturated rings. The summed E-state index contributed by atoms with van der Waals surface area (Å²) < 4.78 is 12.1. The molecule has 0 saturated carbocycles. The molecule has 1 rings (SSSR count). The number of rotatable bonds is 3. The third kappa shape index (κ3) is 4.97. The number of hydrogen-bond acceptors (Lipinski definition) is 4. The van der Waals surface area contributed by atoms with Gasteiger partial charge in [0.2, 0.25) is 0 Å². The average molecular weight is 355 g/mol. The van der Waals surface area contributed by atoms with Crippen molar-refractivity contribution in [2.45, 2.75) is 103 Å². The van der Waals surface area contributed by atoms with E-state index in [-0.39, 0.29) is 29.3 Å². The molecule has 5 nitrogen and oxygen atoms in total. The first kappa shape index (κ1) is 21.0. The highest BCUT2D eigenvalue weighted by Gasteiger charge is 2.48. The van der Waals surface area contributed by atoms with Crippen LogP contribution in [0.15, 0.2) is 0 Å². The van der Waals surface area contributed by atoms with Crippen molar-refractivity contribution in [3.63, 3.8) is 0 Å². The highest BCUT2D eigenvalue weighted by Crippen LogP contribution is 2.40. The predicted molar refractivity (Wildman–Crippen MR) is 98.2 cm³/mol. The summed E-state index contributed by atoms with van der Waals surface area (Å²) in [6.07, 6.45) is 0.606. The van der Waals surface area contributed by atoms with Gasteiger partial charge in [0, 0.05) is 0 Å². The summed E-state index contributed by atoms with van der Waals surface area (Å²) in [5.41, 5.74) is -0.549. The van der Waals surface area contributed by atoms with E-state index in [1.165, 1.54) is 0 Å². The molecule has 24 heavy (non-hydrogen) atoms. The molecule has 138 valence electrons. The van der Waals surface area contributed by atoms with Gasteiger partial charge in [0.15, 0.2) is 8.32 Å². The van der Waals surface area contributed by atoms with Gasteiger partial charge in [-0.25, -0.2) is 4.79 Å². The molecule has 0 N–H and O–H groups in total. The average Bonchev–Trinajstić information content (AvgIpc) is 2.62. The molecule has 0 aromatic rings. The second-order valence-electron chi connectivity index (χ2n) is 9.30. The molecule has 0 aliphatic carbocycles. The van der Waals surface area contributed by atoms with Crippen LogP contribution < -0.4 is 0 Å². The molecule has 0 aromatic carbocycles. The van der Waals surface area contributed by atoms with Gasteiger partial charge in [0.25, 0.3) is 0 Å². The van der Waals surface area contributed by atoms with Crippen molar-refractivity contribution in [1.29, 1.82) is 5.26 Å². The molecule has 0 bridgehead atoms. The second-order valence-corrected chi connectivity index (χ2v) is 14.1. The summed E-state index contributed by atoms with van der Waals surface area (Å²) >= 11 is 0. The lowest BCUT2D eigenvalue weighted by atomic mass is 10.1. The smallest absolute Gasteiger partial charge is 0.410 e. The standard InChI is InChI=1S/C18H34N2O3Si/c1-13-15(23-24(8,9)18(5,6)7)12-14(10-11-19)20(13)16(21)22-17(2,3)4/h13-15H,10,12H2,1-9H3. The Labute approximate surface area is 148 Å². The lowest BCUT2D eigenvalue weighted by Crippen LogP contribution is -2.48. The van der Waals surface area contributed by atoms with Gasteiger partial charge in [-0.2, -0.15) is 5.26 Å². The van der Waals surface area contributed by atoms with Gasteiger partial charge in [-0.1, -0.05) is 20.8 Å². The maximum absolute atomic E-state index is 12.6. The van der Waals surface area contributed by atoms with Crippen molar-refractivity contribution in [1.82, 2.24) is 4.90 Å². The van der Waals surface area contributed by atoms with Crippen LogP contribution >= 0.6 is 0 Å². The lowest BCUT2D eigenvalue weighted by molar-refractivity contribution is 0.0120. The number of ether oxygens (including phenoxy) is 1. The third-order valence-corrected chi connectivity index (χ3v) is 9.56. The molecule has 1 heterocycles. The largest absolute Gasteiger partial charge is 0.444 e. The number of nitrogens with zero attached hydrogens (tertiary/aromatic N) is 2. The van der Waals surface area contributed by atoms with E-state index in [2.05, 4.69) is 39.9 Å². The van der Waals surface area contributed by atoms with Crippen molar-refractivity contribution >= 4 is 14.4 Å². The molecule has 1 saturated heterocycles. The Bertz CT molecular complexity index is 500. The minimum atomic E-state index is -1.94. The van der Waals surface area contributed by atoms with E-state index in [4.69, 9.17) is 14.4 Å². The number of hydrogen-bond donors (Lipinski definition) is 0. The molecular weight excluding hydrogens is 320 g/mol. The molecule has 1 aliphatic heterocycles. The van der Waals surface area contributed by atoms with E-state index in [0.717, 1.165) is 0 Å². The Morgan fingerprint density at radius 2 is 1.79 bits per heavy atom. The lowest BCUT2D eigenvalue weighted by Gasteiger charge is -2.39. The molecule has 3 atom stereocenters. The normalized spacial score (nSPS) is 25.5. The van der Waals surface area contributed by atoms with Gasteiger partial charge >= 0.3 is 6.09 Å². The van der Waals surface area contributed by atoms with Crippen LogP contribution in [0, 0.1) is 11.3 Å². The van der Waals surface area contributed by atoms with E-state index in [1.54, 1.807) is 4.90 Å². The fraction of sp³-hybridized carbons (Fsp3) is 0.889. The zero-order valence-electron chi connectivity index (χ0n) is 16.8. The minimum Gasteiger partial charge on any atom is -0.444 e. The molecular formula is C18H34N2O3Si. The molecule has 6 heteroatoms. The second kappa shape index (κ2) is 7.05. The summed E-state index contributed by atoms with van der Waals surface area (Å²) in [4.78, 5) is 14.3. The summed E-state index contributed by atoms with van der Waals surface area (Å²) in [5, 5.41) is 9.24. The predicted octanol–water partition coefficient (Wildman–Crippen LogP) is 4.69. The number of likely N-dealkylation sites (tertiary alicyclic amines) is 1. The molecule has 3 unspecified atom stereocenters. The molecule has 0 radical (unpaired) electrons. The fourth-order valence-electron chi connectivity index (χ4n) is 2.71. The minimum absolute atomic E-state index is 0.0447. The van der Waals surface area contributed by atoms with E-state index >= 15 is 0 Å². The highest BCUT2D eigenvalue weighted by molar-refractivity contribution is 6.74. The Morgan fingerprint density at radius 3 is 2.21 bits per heavy atom. The Kier molecular flexibility index (Phi) is 6.16. The maximum Gasteiger partial charge on any atom is 0.410 e. The zero-order chi connectivity index (χ0) is 18.9. The summed E-state index contributed by atoms with van der Waals surface area (Å²) in [6, 6.07) is 1.96. The van der Waals surface area contributed by atoms with Crippen LogP contribution in [0.25, 0.3) is 0 Å². The van der Waals surface area contributed by atoms with Crippen LogP contribution in [0.5, 0.6) is 0 Å². The molecule has 0 aromatic heterocycles. The van der Waals surface area contributed by atoms with E-state index in [1.807, 2.05) is 27.7 Å². The van der Waals surface area contributed by atoms with Gasteiger partial charge in [0.05, 0.1) is 30.7 Å². The molecule has 1 amide bonds. The number of amides is 1. The van der Waals surface area contributed by atoms with E-state index < -0.39 is 13.9 Å². The van der Waals surface area contributed by atoms with Crippen LogP contribution in [-0.4, -0.2) is 43.1 Å². The van der Waals surface area contributed by atoms with Gasteiger partial charge < -0.3 is 9.16 Å². The van der Waals surface area contributed by atoms with Crippen LogP contribution in [0.3, 0.4) is 0 Å². The SMILES string of the molecule is CC1C(O[Si](C)(C)C(C)(C)C)CC(CC#N)N1C(=O)OC(C)(C)C. The first-order chi connectivity index (χ1) is 10.7. The highest BCUT2D eigenvalue weighted by atomic mass is 28.4. The van der Waals surface area contributed by atoms with Gasteiger partial charge in [-0.05, 0) is 52.2 Å². The Morgan fingerprint density at radius 1 is 1.25 bits per heavy atom. The van der Waals surface area contributed by atoms with Crippen molar-refractivity contribution < 1.29 is 14.0 Å². The maximum atomic E-state index is 12.6. The topological polar surface area (TPSA) is 62.6 Å². The summed E-state index contributed by atoms with van der Waals surface area (Å²) in [5.74, 6) is 0. The number of carbonyl (C=O) groups excluding carboxylic acids is 1. The van der Waals surface area contributed by atoms with E-state index in [0.29, 0.717) is 12.8 Å². The third-order valence-electron chi connectivity index (χ3n) is 5.06. The van der Waals surface area contributed by atoms with Crippen molar-refractivity contribution in [2.75, 3.05) is 0 Å². The van der Waals surface area contributed by atoms with E-state index in [9.17, 15) is 4.79 Å². The van der Waals surface area contributed by atoms with Gasteiger partial charge in [-0.15, -0.1) is 0 Å². The summed E-state index contributed by atoms with van der Waals surface area (Å²) in [7, 11) is -1.94. The van der Waals surface area contributed by atoms with Crippen molar-refractivity contribution in [3.05, 3.63) is 0 Å². The fourth-order valence-corrected chi connectivity index (χ4v) is 4.11. The number of carbonyl (C=O) groups is 1. The van der Waals surface area contributed by atoms with Gasteiger partial charge in [0.1, 0.15) is 5.60 Å². The Hall–Kier alpha value is -1.06. The van der Waals surface area contributed by atoms with Crippen molar-refractivity contribution in [3.8, 4) is 6.07 Å². The monoisotopic (exact) mass is 354 g/mol. The first-order valence-electron chi connectivity index (χ1n) is 8.75. The number of nitriles is 1. The quantitative estimate of drug-likeness (QED) is 0.690. The van der Waals surface area contributed by atoms with Crippen LogP contribution in [-0.2, 0) is 9.16 Å². The van der Waals surface area contributed by atoms with Crippen LogP contribution in [0.4, 0.5) is 4.79 Å². The van der Waals surface area contributed by atoms with Crippen LogP contribution in [0.2, 0.25) is 18.1 Å². The molecule has 1 aliphatic rings. The zero-order valence-corrected chi connectivity index (χ0v) is 17.8. The first-order valence-corrected chi connectivity index (χ1v) is 11.7. The van der Waals surface area contributed by atoms with Crippen molar-refractivity contribution in [2.24, 2.45) is 0 Å². The summed E-state index contributed by atoms with van der Waals surface area (Å²) in [6.45, 7) is 18.6. The van der Waals surface area contributed by atoms with Gasteiger partial charge in [-0.3, -0.25) is 4.90 Å². The Balaban J connectivity index is 2.98.